The molecule has 1 aromatic heterocycles. The van der Waals surface area contributed by atoms with Gasteiger partial charge < -0.3 is 16.0 Å². The average molecular weight is 271 g/mol. The lowest BCUT2D eigenvalue weighted by molar-refractivity contribution is 0.0948. The number of nitrogens with two attached hydrogens (primary N) is 1. The number of nitrogen functional groups attached to an aromatic ring is 1. The summed E-state index contributed by atoms with van der Waals surface area (Å²) >= 11 is 5.89. The molecule has 18 heavy (non-hydrogen) atoms. The Morgan fingerprint density at radius 2 is 2.28 bits per heavy atom. The molecule has 0 aliphatic heterocycles. The normalized spacial score (nSPS) is 11.0. The maximum atomic E-state index is 11.9. The zero-order valence-corrected chi connectivity index (χ0v) is 11.7. The fourth-order valence-electron chi connectivity index (χ4n) is 1.33. The van der Waals surface area contributed by atoms with Gasteiger partial charge in [-0.05, 0) is 27.0 Å². The van der Waals surface area contributed by atoms with Crippen molar-refractivity contribution in [2.45, 2.75) is 19.9 Å². The first-order valence-corrected chi connectivity index (χ1v) is 6.19. The molecule has 0 spiro atoms. The lowest BCUT2D eigenvalue weighted by atomic mass is 10.2. The third kappa shape index (κ3) is 4.16. The highest BCUT2D eigenvalue weighted by atomic mass is 35.5. The predicted octanol–water partition coefficient (Wildman–Crippen LogP) is 1.39. The number of likely N-dealkylation sites (N-methyl/N-ethyl adjacent to an activating group) is 1. The molecule has 5 nitrogen and oxygen atoms in total. The Labute approximate surface area is 112 Å². The smallest absolute Gasteiger partial charge is 0.253 e. The number of nitrogens with zero attached hydrogens (tertiary/aromatic N) is 2. The summed E-state index contributed by atoms with van der Waals surface area (Å²) in [5.74, 6) is 0.0510. The van der Waals surface area contributed by atoms with E-state index in [1.165, 1.54) is 12.3 Å². The van der Waals surface area contributed by atoms with Crippen LogP contribution in [0, 0.1) is 0 Å². The quantitative estimate of drug-likeness (QED) is 0.848. The average Bonchev–Trinajstić information content (AvgIpc) is 2.31. The molecule has 100 valence electrons. The Bertz CT molecular complexity index is 423. The van der Waals surface area contributed by atoms with Crippen molar-refractivity contribution in [3.63, 3.8) is 0 Å². The van der Waals surface area contributed by atoms with E-state index in [2.05, 4.69) is 29.0 Å². The van der Waals surface area contributed by atoms with Crippen LogP contribution >= 0.6 is 11.6 Å². The number of nitrogens with one attached hydrogen (secondary N) is 1. The van der Waals surface area contributed by atoms with Crippen molar-refractivity contribution in [3.8, 4) is 0 Å². The number of carbonyl (C=O) groups excluding carboxylic acids is 1. The van der Waals surface area contributed by atoms with Gasteiger partial charge in [-0.3, -0.25) is 4.79 Å². The molecule has 1 rings (SSSR count). The first kappa shape index (κ1) is 14.7. The second kappa shape index (κ2) is 6.56. The summed E-state index contributed by atoms with van der Waals surface area (Å²) in [5, 5.41) is 3.11. The van der Waals surface area contributed by atoms with Crippen LogP contribution in [-0.2, 0) is 0 Å². The molecule has 0 saturated heterocycles. The SMILES string of the molecule is CC(C)N(C)CCNC(=O)c1cc(N)ncc1Cl. The van der Waals surface area contributed by atoms with Gasteiger partial charge in [0.2, 0.25) is 0 Å². The van der Waals surface area contributed by atoms with E-state index in [9.17, 15) is 4.79 Å². The topological polar surface area (TPSA) is 71.2 Å². The summed E-state index contributed by atoms with van der Waals surface area (Å²) in [6.45, 7) is 5.54. The molecule has 1 heterocycles. The van der Waals surface area contributed by atoms with E-state index in [4.69, 9.17) is 17.3 Å². The van der Waals surface area contributed by atoms with Gasteiger partial charge in [0.15, 0.2) is 0 Å². The molecule has 0 radical (unpaired) electrons. The third-order valence-corrected chi connectivity index (χ3v) is 3.05. The van der Waals surface area contributed by atoms with Gasteiger partial charge in [-0.25, -0.2) is 4.98 Å². The second-order valence-corrected chi connectivity index (χ2v) is 4.83. The highest BCUT2D eigenvalue weighted by Crippen LogP contribution is 2.16. The molecule has 0 aromatic carbocycles. The highest BCUT2D eigenvalue weighted by Gasteiger charge is 2.11. The second-order valence-electron chi connectivity index (χ2n) is 4.42. The van der Waals surface area contributed by atoms with Gasteiger partial charge in [0.25, 0.3) is 5.91 Å². The molecule has 1 amide bonds. The summed E-state index contributed by atoms with van der Waals surface area (Å²) in [7, 11) is 2.01. The Morgan fingerprint density at radius 1 is 1.61 bits per heavy atom. The molecule has 0 unspecified atom stereocenters. The molecule has 6 heteroatoms. The van der Waals surface area contributed by atoms with Gasteiger partial charge in [-0.2, -0.15) is 0 Å². The van der Waals surface area contributed by atoms with Gasteiger partial charge in [-0.1, -0.05) is 11.6 Å². The monoisotopic (exact) mass is 270 g/mol. The minimum absolute atomic E-state index is 0.230. The van der Waals surface area contributed by atoms with Crippen molar-refractivity contribution in [2.24, 2.45) is 0 Å². The van der Waals surface area contributed by atoms with Crippen LogP contribution < -0.4 is 11.1 Å². The van der Waals surface area contributed by atoms with Crippen molar-refractivity contribution in [3.05, 3.63) is 22.8 Å². The Balaban J connectivity index is 2.53. The molecule has 0 saturated carbocycles. The number of hydrogen-bond donors (Lipinski definition) is 2. The highest BCUT2D eigenvalue weighted by molar-refractivity contribution is 6.33. The summed E-state index contributed by atoms with van der Waals surface area (Å²) < 4.78 is 0. The largest absolute Gasteiger partial charge is 0.384 e. The molecule has 0 fully saturated rings. The molecule has 0 bridgehead atoms. The first-order valence-electron chi connectivity index (χ1n) is 5.81. The number of carbonyl (C=O) groups is 1. The number of aromatic nitrogens is 1. The maximum absolute atomic E-state index is 11.9. The Hall–Kier alpha value is -1.33. The van der Waals surface area contributed by atoms with Crippen molar-refractivity contribution in [1.29, 1.82) is 0 Å². The van der Waals surface area contributed by atoms with Crippen LogP contribution in [0.3, 0.4) is 0 Å². The number of anilines is 1. The molecule has 3 N–H and O–H groups in total. The van der Waals surface area contributed by atoms with Gasteiger partial charge in [0.1, 0.15) is 5.82 Å². The molecular formula is C12H19ClN4O. The molecule has 0 aliphatic carbocycles. The van der Waals surface area contributed by atoms with Gasteiger partial charge >= 0.3 is 0 Å². The molecule has 1 aromatic rings. The Kier molecular flexibility index (Phi) is 5.37. The minimum atomic E-state index is -0.230. The van der Waals surface area contributed by atoms with Crippen LogP contribution in [0.5, 0.6) is 0 Å². The number of amides is 1. The van der Waals surface area contributed by atoms with Gasteiger partial charge in [-0.15, -0.1) is 0 Å². The fourth-order valence-corrected chi connectivity index (χ4v) is 1.52. The third-order valence-electron chi connectivity index (χ3n) is 2.75. The first-order chi connectivity index (χ1) is 8.41. The van der Waals surface area contributed by atoms with E-state index in [0.717, 1.165) is 6.54 Å². The number of pyridine rings is 1. The van der Waals surface area contributed by atoms with Crippen molar-refractivity contribution < 1.29 is 4.79 Å². The van der Waals surface area contributed by atoms with Gasteiger partial charge in [0.05, 0.1) is 10.6 Å². The van der Waals surface area contributed by atoms with Gasteiger partial charge in [0, 0.05) is 25.3 Å². The lowest BCUT2D eigenvalue weighted by Gasteiger charge is -2.20. The van der Waals surface area contributed by atoms with E-state index >= 15 is 0 Å². The zero-order chi connectivity index (χ0) is 13.7. The zero-order valence-electron chi connectivity index (χ0n) is 10.9. The van der Waals surface area contributed by atoms with E-state index < -0.39 is 0 Å². The fraction of sp³-hybridized carbons (Fsp3) is 0.500. The molecule has 0 atom stereocenters. The predicted molar refractivity (Wildman–Crippen MR) is 73.8 cm³/mol. The maximum Gasteiger partial charge on any atom is 0.253 e. The molecule has 0 aliphatic rings. The number of hydrogen-bond acceptors (Lipinski definition) is 4. The van der Waals surface area contributed by atoms with E-state index in [0.29, 0.717) is 23.2 Å². The van der Waals surface area contributed by atoms with Crippen LogP contribution in [0.2, 0.25) is 5.02 Å². The lowest BCUT2D eigenvalue weighted by Crippen LogP contribution is -2.36. The summed E-state index contributed by atoms with van der Waals surface area (Å²) in [4.78, 5) is 17.8. The Morgan fingerprint density at radius 3 is 2.89 bits per heavy atom. The van der Waals surface area contributed by atoms with Crippen LogP contribution in [-0.4, -0.2) is 42.0 Å². The van der Waals surface area contributed by atoms with Crippen molar-refractivity contribution in [1.82, 2.24) is 15.2 Å². The van der Waals surface area contributed by atoms with E-state index in [-0.39, 0.29) is 11.7 Å². The number of halogens is 1. The van der Waals surface area contributed by atoms with E-state index in [1.807, 2.05) is 7.05 Å². The van der Waals surface area contributed by atoms with Crippen molar-refractivity contribution >= 4 is 23.3 Å². The number of rotatable bonds is 5. The van der Waals surface area contributed by atoms with Crippen LogP contribution in [0.25, 0.3) is 0 Å². The van der Waals surface area contributed by atoms with Crippen LogP contribution in [0.4, 0.5) is 5.82 Å². The van der Waals surface area contributed by atoms with Crippen LogP contribution in [0.15, 0.2) is 12.3 Å². The van der Waals surface area contributed by atoms with E-state index in [1.54, 1.807) is 0 Å². The summed E-state index contributed by atoms with van der Waals surface area (Å²) in [6.07, 6.45) is 1.38. The van der Waals surface area contributed by atoms with Crippen molar-refractivity contribution in [2.75, 3.05) is 25.9 Å². The summed E-state index contributed by atoms with van der Waals surface area (Å²) in [5.41, 5.74) is 5.88. The minimum Gasteiger partial charge on any atom is -0.384 e. The summed E-state index contributed by atoms with van der Waals surface area (Å²) in [6, 6.07) is 1.92. The standard InChI is InChI=1S/C12H19ClN4O/c1-8(2)17(3)5-4-15-12(18)9-6-11(14)16-7-10(9)13/h6-8H,4-5H2,1-3H3,(H2,14,16)(H,15,18). The van der Waals surface area contributed by atoms with Crippen LogP contribution in [0.1, 0.15) is 24.2 Å². The molecular weight excluding hydrogens is 252 g/mol.